The molecular weight excluding hydrogens is 386 g/mol. The summed E-state index contributed by atoms with van der Waals surface area (Å²) in [5.41, 5.74) is 3.30. The third kappa shape index (κ3) is 2.90. The Morgan fingerprint density at radius 2 is 1.74 bits per heavy atom. The molecule has 138 valence electrons. The second kappa shape index (κ2) is 6.17. The van der Waals surface area contributed by atoms with Crippen LogP contribution in [0.15, 0.2) is 47.6 Å². The highest BCUT2D eigenvalue weighted by molar-refractivity contribution is 7.90. The molecule has 0 aliphatic rings. The lowest BCUT2D eigenvalue weighted by molar-refractivity contribution is 0.588. The number of fused-ring (bicyclic) bond motifs is 1. The van der Waals surface area contributed by atoms with Crippen molar-refractivity contribution in [3.05, 3.63) is 59.3 Å². The van der Waals surface area contributed by atoms with Crippen molar-refractivity contribution in [3.63, 3.8) is 0 Å². The van der Waals surface area contributed by atoms with E-state index < -0.39 is 10.0 Å². The van der Waals surface area contributed by atoms with Crippen LogP contribution < -0.4 is 0 Å². The van der Waals surface area contributed by atoms with Crippen molar-refractivity contribution < 1.29 is 8.42 Å². The summed E-state index contributed by atoms with van der Waals surface area (Å²) in [4.78, 5) is 8.68. The van der Waals surface area contributed by atoms with E-state index in [0.717, 1.165) is 20.8 Å². The highest BCUT2D eigenvalue weighted by Crippen LogP contribution is 2.31. The van der Waals surface area contributed by atoms with Gasteiger partial charge in [0.1, 0.15) is 0 Å². The molecule has 0 amide bonds. The van der Waals surface area contributed by atoms with Gasteiger partial charge in [0, 0.05) is 30.4 Å². The Bertz CT molecular complexity index is 1270. The molecule has 0 fully saturated rings. The molecule has 0 bridgehead atoms. The third-order valence-electron chi connectivity index (χ3n) is 4.33. The van der Waals surface area contributed by atoms with Crippen LogP contribution in [-0.4, -0.2) is 32.1 Å². The van der Waals surface area contributed by atoms with Crippen LogP contribution in [0.3, 0.4) is 0 Å². The maximum absolute atomic E-state index is 13.1. The lowest BCUT2D eigenvalue weighted by Gasteiger charge is -2.08. The molecule has 0 atom stereocenters. The first-order chi connectivity index (χ1) is 12.8. The topological polar surface area (TPSA) is 82.7 Å². The van der Waals surface area contributed by atoms with E-state index in [1.807, 2.05) is 27.1 Å². The summed E-state index contributed by atoms with van der Waals surface area (Å²) >= 11 is 6.12. The Morgan fingerprint density at radius 3 is 2.37 bits per heavy atom. The van der Waals surface area contributed by atoms with Gasteiger partial charge in [0.2, 0.25) is 5.28 Å². The van der Waals surface area contributed by atoms with Gasteiger partial charge in [-0.25, -0.2) is 17.4 Å². The van der Waals surface area contributed by atoms with Crippen molar-refractivity contribution in [2.24, 2.45) is 7.05 Å². The number of nitrogens with zero attached hydrogens (tertiary/aromatic N) is 5. The Kier molecular flexibility index (Phi) is 4.05. The molecule has 0 spiro atoms. The molecule has 0 saturated heterocycles. The highest BCUT2D eigenvalue weighted by atomic mass is 35.5. The number of rotatable bonds is 3. The molecule has 1 aromatic carbocycles. The number of hydrogen-bond acceptors (Lipinski definition) is 5. The lowest BCUT2D eigenvalue weighted by atomic mass is 10.1. The van der Waals surface area contributed by atoms with Crippen LogP contribution in [0.2, 0.25) is 5.28 Å². The lowest BCUT2D eigenvalue weighted by Crippen LogP contribution is -2.12. The van der Waals surface area contributed by atoms with Gasteiger partial charge in [0.05, 0.1) is 16.3 Å². The average Bonchev–Trinajstić information content (AvgIpc) is 3.17. The third-order valence-corrected chi connectivity index (χ3v) is 6.18. The molecule has 0 saturated carbocycles. The van der Waals surface area contributed by atoms with E-state index in [4.69, 9.17) is 11.6 Å². The average molecular weight is 402 g/mol. The van der Waals surface area contributed by atoms with Gasteiger partial charge in [0.25, 0.3) is 10.0 Å². The van der Waals surface area contributed by atoms with Crippen molar-refractivity contribution in [3.8, 4) is 11.3 Å². The summed E-state index contributed by atoms with van der Waals surface area (Å²) in [6.07, 6.45) is 3.29. The van der Waals surface area contributed by atoms with Crippen molar-refractivity contribution >= 4 is 32.7 Å². The first-order valence-electron chi connectivity index (χ1n) is 8.15. The fourth-order valence-corrected chi connectivity index (χ4v) is 4.48. The predicted molar refractivity (Wildman–Crippen MR) is 103 cm³/mol. The Balaban J connectivity index is 1.97. The van der Waals surface area contributed by atoms with Gasteiger partial charge in [-0.3, -0.25) is 4.68 Å². The summed E-state index contributed by atoms with van der Waals surface area (Å²) in [5.74, 6) is 0. The number of benzene rings is 1. The number of aromatic nitrogens is 5. The quantitative estimate of drug-likeness (QED) is 0.492. The van der Waals surface area contributed by atoms with Crippen LogP contribution in [0.4, 0.5) is 0 Å². The normalized spacial score (nSPS) is 12.0. The van der Waals surface area contributed by atoms with Crippen molar-refractivity contribution in [1.29, 1.82) is 0 Å². The van der Waals surface area contributed by atoms with E-state index in [-0.39, 0.29) is 15.8 Å². The first kappa shape index (κ1) is 17.7. The van der Waals surface area contributed by atoms with Gasteiger partial charge in [-0.05, 0) is 43.6 Å². The molecule has 3 aromatic heterocycles. The second-order valence-electron chi connectivity index (χ2n) is 6.31. The Morgan fingerprint density at radius 1 is 1.04 bits per heavy atom. The number of halogens is 1. The van der Waals surface area contributed by atoms with Crippen LogP contribution in [0.1, 0.15) is 11.3 Å². The van der Waals surface area contributed by atoms with Gasteiger partial charge in [-0.1, -0.05) is 17.7 Å². The molecule has 4 aromatic rings. The molecule has 7 nitrogen and oxygen atoms in total. The van der Waals surface area contributed by atoms with Crippen LogP contribution in [0.25, 0.3) is 22.3 Å². The maximum atomic E-state index is 13.1. The van der Waals surface area contributed by atoms with E-state index in [1.54, 1.807) is 35.0 Å². The number of hydrogen-bond donors (Lipinski definition) is 0. The van der Waals surface area contributed by atoms with Crippen LogP contribution in [-0.2, 0) is 17.1 Å². The molecule has 0 radical (unpaired) electrons. The summed E-state index contributed by atoms with van der Waals surface area (Å²) < 4.78 is 29.0. The minimum absolute atomic E-state index is 0.0280. The summed E-state index contributed by atoms with van der Waals surface area (Å²) in [6, 6.07) is 8.34. The van der Waals surface area contributed by atoms with Gasteiger partial charge >= 0.3 is 0 Å². The van der Waals surface area contributed by atoms with Crippen LogP contribution in [0.5, 0.6) is 0 Å². The molecule has 4 rings (SSSR count). The summed E-state index contributed by atoms with van der Waals surface area (Å²) in [6.45, 7) is 3.76. The van der Waals surface area contributed by atoms with Crippen molar-refractivity contribution in [2.45, 2.75) is 18.7 Å². The zero-order valence-electron chi connectivity index (χ0n) is 14.9. The standard InChI is InChI=1S/C18H16ClN5O2S/c1-11-4-6-13(7-5-11)27(25,26)24-9-8-14-16(20-18(19)21-17(14)24)15-10-23(3)22-12(15)2/h4-10H,1-3H3. The van der Waals surface area contributed by atoms with Crippen molar-refractivity contribution in [1.82, 2.24) is 23.7 Å². The molecule has 3 heterocycles. The SMILES string of the molecule is Cc1ccc(S(=O)(=O)n2ccc3c(-c4cn(C)nc4C)nc(Cl)nc32)cc1. The molecule has 9 heteroatoms. The molecular formula is C18H16ClN5O2S. The summed E-state index contributed by atoms with van der Waals surface area (Å²) in [5, 5.41) is 4.88. The van der Waals surface area contributed by atoms with E-state index in [0.29, 0.717) is 11.1 Å². The zero-order chi connectivity index (χ0) is 19.3. The van der Waals surface area contributed by atoms with E-state index in [9.17, 15) is 8.42 Å². The minimum Gasteiger partial charge on any atom is -0.275 e. The zero-order valence-corrected chi connectivity index (χ0v) is 16.5. The second-order valence-corrected chi connectivity index (χ2v) is 8.46. The van der Waals surface area contributed by atoms with Crippen LogP contribution >= 0.6 is 11.6 Å². The minimum atomic E-state index is -3.81. The molecule has 0 unspecified atom stereocenters. The van der Waals surface area contributed by atoms with Crippen LogP contribution in [0, 0.1) is 13.8 Å². The number of aryl methyl sites for hydroxylation is 3. The van der Waals surface area contributed by atoms with E-state index in [1.165, 1.54) is 6.20 Å². The Hall–Kier alpha value is -2.71. The molecule has 0 aliphatic carbocycles. The summed E-state index contributed by atoms with van der Waals surface area (Å²) in [7, 11) is -2.00. The molecule has 0 N–H and O–H groups in total. The first-order valence-corrected chi connectivity index (χ1v) is 9.96. The van der Waals surface area contributed by atoms with Gasteiger partial charge in [-0.15, -0.1) is 0 Å². The van der Waals surface area contributed by atoms with Gasteiger partial charge in [-0.2, -0.15) is 10.1 Å². The smallest absolute Gasteiger partial charge is 0.269 e. The highest BCUT2D eigenvalue weighted by Gasteiger charge is 2.23. The fraction of sp³-hybridized carbons (Fsp3) is 0.167. The monoisotopic (exact) mass is 401 g/mol. The fourth-order valence-electron chi connectivity index (χ4n) is 3.02. The molecule has 27 heavy (non-hydrogen) atoms. The predicted octanol–water partition coefficient (Wildman–Crippen LogP) is 3.34. The van der Waals surface area contributed by atoms with Gasteiger partial charge in [0.15, 0.2) is 5.65 Å². The largest absolute Gasteiger partial charge is 0.275 e. The van der Waals surface area contributed by atoms with Gasteiger partial charge < -0.3 is 0 Å². The van der Waals surface area contributed by atoms with Crippen molar-refractivity contribution in [2.75, 3.05) is 0 Å². The maximum Gasteiger partial charge on any atom is 0.269 e. The van der Waals surface area contributed by atoms with E-state index in [2.05, 4.69) is 15.1 Å². The van der Waals surface area contributed by atoms with E-state index >= 15 is 0 Å². The molecule has 0 aliphatic heterocycles. The Labute approximate surface area is 161 Å².